The molecule has 1 aromatic heterocycles. The van der Waals surface area contributed by atoms with E-state index in [0.717, 1.165) is 5.82 Å². The summed E-state index contributed by atoms with van der Waals surface area (Å²) in [6.45, 7) is 4.84. The summed E-state index contributed by atoms with van der Waals surface area (Å²) in [6.07, 6.45) is 1.57. The van der Waals surface area contributed by atoms with Crippen molar-refractivity contribution in [2.45, 2.75) is 25.3 Å². The zero-order valence-corrected chi connectivity index (χ0v) is 16.4. The van der Waals surface area contributed by atoms with Crippen LogP contribution in [0.25, 0.3) is 0 Å². The van der Waals surface area contributed by atoms with Crippen LogP contribution in [0.3, 0.4) is 0 Å². The molecule has 0 atom stereocenters. The van der Waals surface area contributed by atoms with Crippen molar-refractivity contribution in [3.8, 4) is 5.75 Å². The average Bonchev–Trinajstić information content (AvgIpc) is 2.92. The van der Waals surface area contributed by atoms with Gasteiger partial charge in [-0.05, 0) is 18.2 Å². The standard InChI is InChI=1S/C16H23ClN4O3S/c1-5-21(6-2)25(22,23)12-7-8-14(24-4)13(9-12)18-11-16-19-10-15(17)20(16)3/h7-10,18H,5-6,11H2,1-4H3. The Morgan fingerprint density at radius 2 is 2.00 bits per heavy atom. The van der Waals surface area contributed by atoms with E-state index >= 15 is 0 Å². The largest absolute Gasteiger partial charge is 0.495 e. The van der Waals surface area contributed by atoms with Gasteiger partial charge in [0.25, 0.3) is 0 Å². The molecule has 0 bridgehead atoms. The van der Waals surface area contributed by atoms with E-state index in [4.69, 9.17) is 16.3 Å². The minimum absolute atomic E-state index is 0.220. The van der Waals surface area contributed by atoms with Crippen LogP contribution in [0.4, 0.5) is 5.69 Å². The van der Waals surface area contributed by atoms with Gasteiger partial charge in [0.15, 0.2) is 0 Å². The van der Waals surface area contributed by atoms with Crippen LogP contribution in [0.1, 0.15) is 19.7 Å². The lowest BCUT2D eigenvalue weighted by atomic mass is 10.3. The fourth-order valence-electron chi connectivity index (χ4n) is 2.46. The molecule has 0 fully saturated rings. The van der Waals surface area contributed by atoms with Crippen LogP contribution in [0.2, 0.25) is 5.15 Å². The highest BCUT2D eigenvalue weighted by atomic mass is 35.5. The summed E-state index contributed by atoms with van der Waals surface area (Å²) in [5.41, 5.74) is 0.579. The topological polar surface area (TPSA) is 76.5 Å². The second-order valence-corrected chi connectivity index (χ2v) is 7.69. The Morgan fingerprint density at radius 3 is 2.52 bits per heavy atom. The van der Waals surface area contributed by atoms with E-state index < -0.39 is 10.0 Å². The molecule has 0 radical (unpaired) electrons. The molecule has 0 spiro atoms. The van der Waals surface area contributed by atoms with Crippen molar-refractivity contribution in [2.75, 3.05) is 25.5 Å². The molecule has 9 heteroatoms. The number of hydrogen-bond acceptors (Lipinski definition) is 5. The Bertz CT molecular complexity index is 832. The van der Waals surface area contributed by atoms with Gasteiger partial charge >= 0.3 is 0 Å². The Kier molecular flexibility index (Phi) is 6.31. The van der Waals surface area contributed by atoms with Crippen molar-refractivity contribution in [1.29, 1.82) is 0 Å². The maximum Gasteiger partial charge on any atom is 0.243 e. The maximum atomic E-state index is 12.7. The predicted molar refractivity (Wildman–Crippen MR) is 98.6 cm³/mol. The zero-order chi connectivity index (χ0) is 18.6. The second-order valence-electron chi connectivity index (χ2n) is 5.36. The molecule has 1 aromatic carbocycles. The third-order valence-electron chi connectivity index (χ3n) is 3.98. The molecule has 2 rings (SSSR count). The van der Waals surface area contributed by atoms with E-state index in [1.165, 1.54) is 11.4 Å². The van der Waals surface area contributed by atoms with Crippen molar-refractivity contribution in [3.63, 3.8) is 0 Å². The summed E-state index contributed by atoms with van der Waals surface area (Å²) >= 11 is 5.98. The number of ether oxygens (including phenoxy) is 1. The van der Waals surface area contributed by atoms with Gasteiger partial charge in [0.2, 0.25) is 10.0 Å². The average molecular weight is 387 g/mol. The van der Waals surface area contributed by atoms with Gasteiger partial charge in [-0.25, -0.2) is 13.4 Å². The first-order chi connectivity index (χ1) is 11.8. The molecule has 0 saturated carbocycles. The highest BCUT2D eigenvalue weighted by Gasteiger charge is 2.22. The molecular weight excluding hydrogens is 364 g/mol. The van der Waals surface area contributed by atoms with Gasteiger partial charge in [-0.3, -0.25) is 0 Å². The summed E-state index contributed by atoms with van der Waals surface area (Å²) in [6, 6.07) is 4.77. The van der Waals surface area contributed by atoms with E-state index in [2.05, 4.69) is 10.3 Å². The number of halogens is 1. The van der Waals surface area contributed by atoms with E-state index in [9.17, 15) is 8.42 Å². The van der Waals surface area contributed by atoms with Crippen molar-refractivity contribution >= 4 is 27.3 Å². The monoisotopic (exact) mass is 386 g/mol. The first-order valence-corrected chi connectivity index (χ1v) is 9.75. The Hall–Kier alpha value is -1.77. The smallest absolute Gasteiger partial charge is 0.243 e. The molecule has 138 valence electrons. The quantitative estimate of drug-likeness (QED) is 0.754. The minimum Gasteiger partial charge on any atom is -0.495 e. The van der Waals surface area contributed by atoms with Crippen molar-refractivity contribution in [1.82, 2.24) is 13.9 Å². The first kappa shape index (κ1) is 19.6. The molecule has 0 saturated heterocycles. The van der Waals surface area contributed by atoms with E-state index in [0.29, 0.717) is 36.2 Å². The Balaban J connectivity index is 2.32. The fraction of sp³-hybridized carbons (Fsp3) is 0.438. The highest BCUT2D eigenvalue weighted by molar-refractivity contribution is 7.89. The summed E-state index contributed by atoms with van der Waals surface area (Å²) in [5, 5.41) is 3.70. The molecule has 0 aliphatic heterocycles. The van der Waals surface area contributed by atoms with Crippen LogP contribution in [0.15, 0.2) is 29.3 Å². The van der Waals surface area contributed by atoms with Crippen LogP contribution in [-0.2, 0) is 23.6 Å². The number of nitrogens with zero attached hydrogens (tertiary/aromatic N) is 3. The van der Waals surface area contributed by atoms with Crippen LogP contribution < -0.4 is 10.1 Å². The van der Waals surface area contributed by atoms with E-state index in [1.54, 1.807) is 29.0 Å². The maximum absolute atomic E-state index is 12.7. The third kappa shape index (κ3) is 4.08. The summed E-state index contributed by atoms with van der Waals surface area (Å²) < 4.78 is 33.9. The molecule has 0 amide bonds. The number of nitrogens with one attached hydrogen (secondary N) is 1. The van der Waals surface area contributed by atoms with Gasteiger partial charge < -0.3 is 14.6 Å². The van der Waals surface area contributed by atoms with Crippen LogP contribution in [0.5, 0.6) is 5.75 Å². The van der Waals surface area contributed by atoms with Crippen LogP contribution in [-0.4, -0.2) is 42.5 Å². The number of aromatic nitrogens is 2. The molecule has 7 nitrogen and oxygen atoms in total. The van der Waals surface area contributed by atoms with Crippen LogP contribution >= 0.6 is 11.6 Å². The second kappa shape index (κ2) is 8.07. The van der Waals surface area contributed by atoms with E-state index in [1.807, 2.05) is 20.9 Å². The molecule has 1 heterocycles. The van der Waals surface area contributed by atoms with Gasteiger partial charge in [0.1, 0.15) is 16.7 Å². The minimum atomic E-state index is -3.54. The number of rotatable bonds is 8. The highest BCUT2D eigenvalue weighted by Crippen LogP contribution is 2.29. The van der Waals surface area contributed by atoms with Gasteiger partial charge in [0.05, 0.1) is 30.4 Å². The van der Waals surface area contributed by atoms with E-state index in [-0.39, 0.29) is 4.90 Å². The van der Waals surface area contributed by atoms with Gasteiger partial charge in [-0.15, -0.1) is 0 Å². The molecule has 25 heavy (non-hydrogen) atoms. The summed E-state index contributed by atoms with van der Waals surface area (Å²) in [5.74, 6) is 1.28. The zero-order valence-electron chi connectivity index (χ0n) is 14.8. The number of imidazole rings is 1. The predicted octanol–water partition coefficient (Wildman–Crippen LogP) is 2.72. The molecule has 2 aromatic rings. The first-order valence-electron chi connectivity index (χ1n) is 7.93. The number of benzene rings is 1. The third-order valence-corrected chi connectivity index (χ3v) is 6.38. The Labute approximate surface area is 153 Å². The molecule has 1 N–H and O–H groups in total. The lowest BCUT2D eigenvalue weighted by molar-refractivity contribution is 0.415. The van der Waals surface area contributed by atoms with Crippen LogP contribution in [0, 0.1) is 0 Å². The van der Waals surface area contributed by atoms with Crippen molar-refractivity contribution in [3.05, 3.63) is 35.4 Å². The number of sulfonamides is 1. The summed E-state index contributed by atoms with van der Waals surface area (Å²) in [4.78, 5) is 4.43. The van der Waals surface area contributed by atoms with Gasteiger partial charge in [-0.2, -0.15) is 4.31 Å². The molecular formula is C16H23ClN4O3S. The number of hydrogen-bond donors (Lipinski definition) is 1. The SMILES string of the molecule is CCN(CC)S(=O)(=O)c1ccc(OC)c(NCc2ncc(Cl)n2C)c1. The fourth-order valence-corrected chi connectivity index (χ4v) is 4.09. The lowest BCUT2D eigenvalue weighted by Gasteiger charge is -2.20. The van der Waals surface area contributed by atoms with Crippen molar-refractivity contribution in [2.24, 2.45) is 7.05 Å². The van der Waals surface area contributed by atoms with Gasteiger partial charge in [-0.1, -0.05) is 25.4 Å². The molecule has 0 aliphatic carbocycles. The number of methoxy groups -OCH3 is 1. The Morgan fingerprint density at radius 1 is 1.32 bits per heavy atom. The van der Waals surface area contributed by atoms with Crippen molar-refractivity contribution < 1.29 is 13.2 Å². The lowest BCUT2D eigenvalue weighted by Crippen LogP contribution is -2.30. The van der Waals surface area contributed by atoms with Gasteiger partial charge in [0, 0.05) is 20.1 Å². The number of anilines is 1. The molecule has 0 aliphatic rings. The normalized spacial score (nSPS) is 11.8. The molecule has 0 unspecified atom stereocenters. The summed E-state index contributed by atoms with van der Waals surface area (Å²) in [7, 11) is -0.191.